The highest BCUT2D eigenvalue weighted by molar-refractivity contribution is 5.92. The molecule has 0 saturated heterocycles. The van der Waals surface area contributed by atoms with Gasteiger partial charge in [-0.2, -0.15) is 0 Å². The van der Waals surface area contributed by atoms with Crippen molar-refractivity contribution in [3.63, 3.8) is 0 Å². The molecule has 0 amide bonds. The molecule has 3 nitrogen and oxygen atoms in total. The predicted molar refractivity (Wildman–Crippen MR) is 65.5 cm³/mol. The van der Waals surface area contributed by atoms with Gasteiger partial charge in [0, 0.05) is 11.5 Å². The molecule has 0 aliphatic heterocycles. The predicted octanol–water partition coefficient (Wildman–Crippen LogP) is 3.37. The van der Waals surface area contributed by atoms with Crippen molar-refractivity contribution in [1.29, 1.82) is 0 Å². The number of carbonyl (C=O) groups is 1. The van der Waals surface area contributed by atoms with E-state index in [0.717, 1.165) is 17.4 Å². The van der Waals surface area contributed by atoms with Crippen molar-refractivity contribution in [1.82, 2.24) is 0 Å². The Morgan fingerprint density at radius 2 is 2.29 bits per heavy atom. The Balaban J connectivity index is 2.05. The highest BCUT2D eigenvalue weighted by Crippen LogP contribution is 2.47. The van der Waals surface area contributed by atoms with Crippen LogP contribution in [0.1, 0.15) is 44.6 Å². The molecular weight excluding hydrogens is 216 g/mol. The lowest BCUT2D eigenvalue weighted by Gasteiger charge is -2.00. The molecule has 2 unspecified atom stereocenters. The first kappa shape index (κ1) is 12.0. The molecule has 1 saturated carbocycles. The Morgan fingerprint density at radius 3 is 2.88 bits per heavy atom. The van der Waals surface area contributed by atoms with Crippen LogP contribution in [0.4, 0.5) is 0 Å². The topological polar surface area (TPSA) is 39.4 Å². The minimum Gasteiger partial charge on any atom is -0.463 e. The van der Waals surface area contributed by atoms with Crippen LogP contribution >= 0.6 is 0 Å². The van der Waals surface area contributed by atoms with E-state index in [9.17, 15) is 4.79 Å². The number of ether oxygens (including phenoxy) is 1. The maximum atomic E-state index is 11.4. The summed E-state index contributed by atoms with van der Waals surface area (Å²) in [7, 11) is 0. The van der Waals surface area contributed by atoms with Gasteiger partial charge in [0.25, 0.3) is 0 Å². The molecule has 1 aromatic heterocycles. The number of esters is 1. The molecule has 0 aromatic carbocycles. The fraction of sp³-hybridized carbons (Fsp3) is 0.500. The molecule has 0 radical (unpaired) electrons. The zero-order valence-electron chi connectivity index (χ0n) is 10.5. The van der Waals surface area contributed by atoms with E-state index in [1.54, 1.807) is 19.9 Å². The van der Waals surface area contributed by atoms with Crippen LogP contribution in [-0.4, -0.2) is 12.6 Å². The number of hydrogen-bond donors (Lipinski definition) is 0. The zero-order chi connectivity index (χ0) is 12.4. The van der Waals surface area contributed by atoms with Gasteiger partial charge < -0.3 is 9.15 Å². The normalized spacial score (nSPS) is 23.6. The van der Waals surface area contributed by atoms with Crippen LogP contribution in [0.5, 0.6) is 0 Å². The minimum atomic E-state index is -0.287. The molecule has 0 spiro atoms. The Labute approximate surface area is 101 Å². The second kappa shape index (κ2) is 4.78. The summed E-state index contributed by atoms with van der Waals surface area (Å²) in [5.41, 5.74) is 0.566. The quantitative estimate of drug-likeness (QED) is 0.592. The average Bonchev–Trinajstić information content (AvgIpc) is 2.84. The molecule has 3 heteroatoms. The van der Waals surface area contributed by atoms with E-state index in [4.69, 9.17) is 9.15 Å². The second-order valence-electron chi connectivity index (χ2n) is 4.61. The van der Waals surface area contributed by atoms with Crippen LogP contribution in [-0.2, 0) is 9.53 Å². The largest absolute Gasteiger partial charge is 0.463 e. The van der Waals surface area contributed by atoms with Gasteiger partial charge in [0.2, 0.25) is 0 Å². The fourth-order valence-corrected chi connectivity index (χ4v) is 1.88. The summed E-state index contributed by atoms with van der Waals surface area (Å²) in [6, 6.07) is 3.90. The van der Waals surface area contributed by atoms with E-state index in [2.05, 4.69) is 6.92 Å². The molecule has 1 aliphatic carbocycles. The van der Waals surface area contributed by atoms with Crippen LogP contribution in [0.3, 0.4) is 0 Å². The highest BCUT2D eigenvalue weighted by Gasteiger charge is 2.36. The van der Waals surface area contributed by atoms with E-state index in [1.165, 1.54) is 6.42 Å². The molecule has 0 bridgehead atoms. The maximum absolute atomic E-state index is 11.4. The van der Waals surface area contributed by atoms with E-state index in [-0.39, 0.29) is 5.97 Å². The molecule has 1 fully saturated rings. The Kier molecular flexibility index (Phi) is 3.36. The second-order valence-corrected chi connectivity index (χ2v) is 4.61. The van der Waals surface area contributed by atoms with Crippen molar-refractivity contribution in [3.05, 3.63) is 29.2 Å². The number of hydrogen-bond acceptors (Lipinski definition) is 3. The summed E-state index contributed by atoms with van der Waals surface area (Å²) in [4.78, 5) is 11.4. The Bertz CT molecular complexity index is 442. The summed E-state index contributed by atoms with van der Waals surface area (Å²) in [5.74, 6) is 2.76. The third kappa shape index (κ3) is 2.78. The van der Waals surface area contributed by atoms with Gasteiger partial charge in [-0.05, 0) is 44.4 Å². The van der Waals surface area contributed by atoms with Gasteiger partial charge in [-0.3, -0.25) is 0 Å². The van der Waals surface area contributed by atoms with Crippen molar-refractivity contribution >= 4 is 12.0 Å². The van der Waals surface area contributed by atoms with E-state index < -0.39 is 0 Å². The molecule has 2 rings (SSSR count). The summed E-state index contributed by atoms with van der Waals surface area (Å²) in [6.07, 6.45) is 2.93. The van der Waals surface area contributed by atoms with Crippen molar-refractivity contribution in [2.24, 2.45) is 5.92 Å². The first-order valence-electron chi connectivity index (χ1n) is 6.07. The third-order valence-corrected chi connectivity index (χ3v) is 3.08. The third-order valence-electron chi connectivity index (χ3n) is 3.08. The SMILES string of the molecule is CCOC(=O)/C(C)=C/c1ccc(C2CC2C)o1. The molecule has 0 N–H and O–H groups in total. The molecule has 17 heavy (non-hydrogen) atoms. The summed E-state index contributed by atoms with van der Waals surface area (Å²) in [5, 5.41) is 0. The van der Waals surface area contributed by atoms with E-state index in [1.807, 2.05) is 12.1 Å². The summed E-state index contributed by atoms with van der Waals surface area (Å²) in [6.45, 7) is 6.14. The number of carbonyl (C=O) groups excluding carboxylic acids is 1. The zero-order valence-corrected chi connectivity index (χ0v) is 10.5. The molecule has 1 heterocycles. The first-order valence-corrected chi connectivity index (χ1v) is 6.07. The summed E-state index contributed by atoms with van der Waals surface area (Å²) >= 11 is 0. The van der Waals surface area contributed by atoms with Crippen LogP contribution in [0.25, 0.3) is 6.08 Å². The Hall–Kier alpha value is -1.51. The van der Waals surface area contributed by atoms with Crippen LogP contribution in [0, 0.1) is 5.92 Å². The summed E-state index contributed by atoms with van der Waals surface area (Å²) < 4.78 is 10.6. The van der Waals surface area contributed by atoms with Gasteiger partial charge in [0.15, 0.2) is 0 Å². The van der Waals surface area contributed by atoms with Gasteiger partial charge in [-0.25, -0.2) is 4.79 Å². The average molecular weight is 234 g/mol. The van der Waals surface area contributed by atoms with E-state index in [0.29, 0.717) is 18.1 Å². The smallest absolute Gasteiger partial charge is 0.333 e. The monoisotopic (exact) mass is 234 g/mol. The standard InChI is InChI=1S/C14H18O3/c1-4-16-14(15)10(3)7-11-5-6-13(17-11)12-8-9(12)2/h5-7,9,12H,4,8H2,1-3H3/b10-7+. The lowest BCUT2D eigenvalue weighted by molar-refractivity contribution is -0.138. The molecule has 92 valence electrons. The molecule has 2 atom stereocenters. The van der Waals surface area contributed by atoms with E-state index >= 15 is 0 Å². The van der Waals surface area contributed by atoms with Crippen molar-refractivity contribution in [2.45, 2.75) is 33.1 Å². The lowest BCUT2D eigenvalue weighted by atomic mass is 10.2. The molecule has 1 aromatic rings. The van der Waals surface area contributed by atoms with Crippen molar-refractivity contribution < 1.29 is 13.9 Å². The fourth-order valence-electron chi connectivity index (χ4n) is 1.88. The van der Waals surface area contributed by atoms with Crippen molar-refractivity contribution in [2.75, 3.05) is 6.61 Å². The molecule has 1 aliphatic rings. The van der Waals surface area contributed by atoms with Gasteiger partial charge in [-0.15, -0.1) is 0 Å². The van der Waals surface area contributed by atoms with Gasteiger partial charge in [0.1, 0.15) is 11.5 Å². The van der Waals surface area contributed by atoms with Crippen molar-refractivity contribution in [3.8, 4) is 0 Å². The van der Waals surface area contributed by atoms with Gasteiger partial charge in [-0.1, -0.05) is 6.92 Å². The van der Waals surface area contributed by atoms with Crippen LogP contribution in [0.15, 0.2) is 22.1 Å². The molecular formula is C14H18O3. The minimum absolute atomic E-state index is 0.287. The lowest BCUT2D eigenvalue weighted by Crippen LogP contribution is -2.04. The number of rotatable bonds is 4. The number of furan rings is 1. The van der Waals surface area contributed by atoms with Gasteiger partial charge in [0.05, 0.1) is 6.61 Å². The van der Waals surface area contributed by atoms with Crippen LogP contribution < -0.4 is 0 Å². The van der Waals surface area contributed by atoms with Crippen LogP contribution in [0.2, 0.25) is 0 Å². The maximum Gasteiger partial charge on any atom is 0.333 e. The first-order chi connectivity index (χ1) is 8.11. The van der Waals surface area contributed by atoms with Gasteiger partial charge >= 0.3 is 5.97 Å². The highest BCUT2D eigenvalue weighted by atomic mass is 16.5. The Morgan fingerprint density at radius 1 is 1.59 bits per heavy atom.